The van der Waals surface area contributed by atoms with Crippen molar-refractivity contribution in [3.05, 3.63) is 35.9 Å². The zero-order valence-electron chi connectivity index (χ0n) is 20.4. The van der Waals surface area contributed by atoms with Crippen molar-refractivity contribution in [3.63, 3.8) is 0 Å². The molecule has 1 aliphatic heterocycles. The molecule has 6 nitrogen and oxygen atoms in total. The third-order valence-corrected chi connectivity index (χ3v) is 10.9. The van der Waals surface area contributed by atoms with Crippen LogP contribution < -0.4 is 0 Å². The van der Waals surface area contributed by atoms with E-state index in [9.17, 15) is 10.2 Å². The van der Waals surface area contributed by atoms with Crippen molar-refractivity contribution in [3.8, 4) is 0 Å². The van der Waals surface area contributed by atoms with Crippen molar-refractivity contribution in [1.29, 1.82) is 0 Å². The summed E-state index contributed by atoms with van der Waals surface area (Å²) < 4.78 is 23.9. The molecule has 2 rings (SSSR count). The SMILES string of the molecule is C[C@@H](COCc1ccccc1)[C@H](O)[C@@H](O[Si](C)(C)C(C)(C)C)[C@H](O)[C@@H]1COC(C)(C)O1. The van der Waals surface area contributed by atoms with Gasteiger partial charge in [-0.2, -0.15) is 0 Å². The van der Waals surface area contributed by atoms with E-state index >= 15 is 0 Å². The van der Waals surface area contributed by atoms with E-state index in [1.165, 1.54) is 0 Å². The zero-order chi connectivity index (χ0) is 23.4. The van der Waals surface area contributed by atoms with Crippen LogP contribution in [0.4, 0.5) is 0 Å². The molecule has 1 aromatic carbocycles. The molecule has 31 heavy (non-hydrogen) atoms. The average Bonchev–Trinajstić information content (AvgIpc) is 3.04. The minimum atomic E-state index is -2.27. The number of ether oxygens (including phenoxy) is 3. The Kier molecular flexibility index (Phi) is 8.89. The minimum Gasteiger partial charge on any atom is -0.409 e. The van der Waals surface area contributed by atoms with Crippen LogP contribution in [0.15, 0.2) is 30.3 Å². The lowest BCUT2D eigenvalue weighted by Crippen LogP contribution is -2.56. The Labute approximate surface area is 189 Å². The molecular formula is C24H42O6Si. The van der Waals surface area contributed by atoms with Gasteiger partial charge in [0.15, 0.2) is 14.1 Å². The fraction of sp³-hybridized carbons (Fsp3) is 0.750. The highest BCUT2D eigenvalue weighted by Crippen LogP contribution is 2.39. The zero-order valence-corrected chi connectivity index (χ0v) is 21.4. The van der Waals surface area contributed by atoms with Gasteiger partial charge in [0.25, 0.3) is 0 Å². The molecule has 1 aromatic rings. The topological polar surface area (TPSA) is 77.4 Å². The highest BCUT2D eigenvalue weighted by molar-refractivity contribution is 6.74. The summed E-state index contributed by atoms with van der Waals surface area (Å²) >= 11 is 0. The van der Waals surface area contributed by atoms with Gasteiger partial charge in [-0.25, -0.2) is 0 Å². The second-order valence-electron chi connectivity index (χ2n) is 10.7. The molecule has 0 saturated carbocycles. The van der Waals surface area contributed by atoms with Crippen molar-refractivity contribution < 1.29 is 28.8 Å². The van der Waals surface area contributed by atoms with Gasteiger partial charge in [0.05, 0.1) is 32.0 Å². The van der Waals surface area contributed by atoms with Gasteiger partial charge < -0.3 is 28.8 Å². The van der Waals surface area contributed by atoms with E-state index < -0.39 is 38.5 Å². The first-order valence-electron chi connectivity index (χ1n) is 11.2. The van der Waals surface area contributed by atoms with Crippen LogP contribution in [-0.4, -0.2) is 61.9 Å². The van der Waals surface area contributed by atoms with E-state index in [4.69, 9.17) is 18.6 Å². The van der Waals surface area contributed by atoms with E-state index in [1.54, 1.807) is 0 Å². The first-order valence-corrected chi connectivity index (χ1v) is 14.1. The molecule has 1 aliphatic rings. The molecule has 0 radical (unpaired) electrons. The van der Waals surface area contributed by atoms with Gasteiger partial charge in [0.2, 0.25) is 0 Å². The van der Waals surface area contributed by atoms with Crippen LogP contribution in [-0.2, 0) is 25.2 Å². The Balaban J connectivity index is 2.10. The molecule has 2 N–H and O–H groups in total. The van der Waals surface area contributed by atoms with Gasteiger partial charge in [0.1, 0.15) is 12.2 Å². The molecule has 1 fully saturated rings. The number of rotatable bonds is 10. The smallest absolute Gasteiger partial charge is 0.192 e. The van der Waals surface area contributed by atoms with Crippen LogP contribution >= 0.6 is 0 Å². The van der Waals surface area contributed by atoms with E-state index in [0.717, 1.165) is 5.56 Å². The molecule has 178 valence electrons. The number of hydrogen-bond donors (Lipinski definition) is 2. The fourth-order valence-corrected chi connectivity index (χ4v) is 4.63. The van der Waals surface area contributed by atoms with E-state index in [-0.39, 0.29) is 17.6 Å². The lowest BCUT2D eigenvalue weighted by molar-refractivity contribution is -0.170. The van der Waals surface area contributed by atoms with Gasteiger partial charge in [-0.3, -0.25) is 0 Å². The van der Waals surface area contributed by atoms with Crippen molar-refractivity contribution in [1.82, 2.24) is 0 Å². The summed E-state index contributed by atoms with van der Waals surface area (Å²) in [5.74, 6) is -0.994. The molecule has 0 aliphatic carbocycles. The fourth-order valence-electron chi connectivity index (χ4n) is 3.31. The summed E-state index contributed by atoms with van der Waals surface area (Å²) in [5.41, 5.74) is 1.08. The second-order valence-corrected chi connectivity index (χ2v) is 15.4. The molecular weight excluding hydrogens is 412 g/mol. The molecule has 0 bridgehead atoms. The van der Waals surface area contributed by atoms with Gasteiger partial charge in [-0.05, 0) is 37.5 Å². The first kappa shape index (κ1) is 26.4. The third-order valence-electron chi connectivity index (χ3n) is 6.40. The molecule has 1 heterocycles. The maximum absolute atomic E-state index is 11.2. The molecule has 0 unspecified atom stereocenters. The predicted octanol–water partition coefficient (Wildman–Crippen LogP) is 4.10. The largest absolute Gasteiger partial charge is 0.409 e. The van der Waals surface area contributed by atoms with E-state index in [0.29, 0.717) is 13.2 Å². The summed E-state index contributed by atoms with van der Waals surface area (Å²) in [5, 5.41) is 22.3. The quantitative estimate of drug-likeness (QED) is 0.518. The summed E-state index contributed by atoms with van der Waals surface area (Å²) in [7, 11) is -2.27. The van der Waals surface area contributed by atoms with Crippen LogP contribution in [0, 0.1) is 5.92 Å². The Morgan fingerprint density at radius 1 is 1.16 bits per heavy atom. The maximum Gasteiger partial charge on any atom is 0.192 e. The number of aliphatic hydroxyl groups is 2. The second kappa shape index (κ2) is 10.4. The van der Waals surface area contributed by atoms with E-state index in [2.05, 4.69) is 33.9 Å². The number of hydrogen-bond acceptors (Lipinski definition) is 6. The Morgan fingerprint density at radius 2 is 1.77 bits per heavy atom. The highest BCUT2D eigenvalue weighted by Gasteiger charge is 2.47. The van der Waals surface area contributed by atoms with Crippen LogP contribution in [0.5, 0.6) is 0 Å². The summed E-state index contributed by atoms with van der Waals surface area (Å²) in [6.45, 7) is 17.3. The molecule has 0 aromatic heterocycles. The molecule has 0 spiro atoms. The normalized spacial score (nSPS) is 23.4. The third kappa shape index (κ3) is 7.35. The number of benzene rings is 1. The Morgan fingerprint density at radius 3 is 2.29 bits per heavy atom. The van der Waals surface area contributed by atoms with Crippen molar-refractivity contribution in [2.45, 2.75) is 96.5 Å². The standard InChI is InChI=1S/C24H42O6Si/c1-17(14-27-15-18-12-10-9-11-13-18)20(25)22(30-31(7,8)23(2,3)4)21(26)19-16-28-24(5,6)29-19/h9-13,17,19-22,25-26H,14-16H2,1-8H3/t17-,19-,20-,21+,22+/m0/s1. The summed E-state index contributed by atoms with van der Waals surface area (Å²) in [4.78, 5) is 0. The van der Waals surface area contributed by atoms with Crippen LogP contribution in [0.3, 0.4) is 0 Å². The summed E-state index contributed by atoms with van der Waals surface area (Å²) in [6, 6.07) is 9.93. The molecule has 1 saturated heterocycles. The molecule has 5 atom stereocenters. The van der Waals surface area contributed by atoms with Crippen LogP contribution in [0.25, 0.3) is 0 Å². The monoisotopic (exact) mass is 454 g/mol. The van der Waals surface area contributed by atoms with Gasteiger partial charge in [-0.15, -0.1) is 0 Å². The Bertz CT molecular complexity index is 672. The minimum absolute atomic E-state index is 0.0654. The van der Waals surface area contributed by atoms with Gasteiger partial charge in [-0.1, -0.05) is 58.0 Å². The Hall–Kier alpha value is -0.803. The number of aliphatic hydroxyl groups excluding tert-OH is 2. The average molecular weight is 455 g/mol. The van der Waals surface area contributed by atoms with E-state index in [1.807, 2.05) is 51.1 Å². The van der Waals surface area contributed by atoms with Crippen molar-refractivity contribution >= 4 is 8.32 Å². The molecule has 7 heteroatoms. The maximum atomic E-state index is 11.2. The van der Waals surface area contributed by atoms with Gasteiger partial charge >= 0.3 is 0 Å². The lowest BCUT2D eigenvalue weighted by Gasteiger charge is -2.43. The van der Waals surface area contributed by atoms with Gasteiger partial charge in [0, 0.05) is 5.92 Å². The van der Waals surface area contributed by atoms with Crippen LogP contribution in [0.1, 0.15) is 47.1 Å². The van der Waals surface area contributed by atoms with Crippen molar-refractivity contribution in [2.24, 2.45) is 5.92 Å². The highest BCUT2D eigenvalue weighted by atomic mass is 28.4. The predicted molar refractivity (Wildman–Crippen MR) is 124 cm³/mol. The van der Waals surface area contributed by atoms with Crippen LogP contribution in [0.2, 0.25) is 18.1 Å². The first-order chi connectivity index (χ1) is 14.2. The lowest BCUT2D eigenvalue weighted by atomic mass is 9.94. The van der Waals surface area contributed by atoms with Crippen molar-refractivity contribution in [2.75, 3.05) is 13.2 Å². The summed E-state index contributed by atoms with van der Waals surface area (Å²) in [6.07, 6.45) is -3.27. The molecule has 0 amide bonds.